The predicted octanol–water partition coefficient (Wildman–Crippen LogP) is 3.10. The molecule has 8 nitrogen and oxygen atoms in total. The second kappa shape index (κ2) is 9.75. The number of carbonyl (C=O) groups excluding carboxylic acids is 2. The molecule has 0 aromatic heterocycles. The maximum absolute atomic E-state index is 13.3. The molecule has 2 aliphatic rings. The first-order valence-corrected chi connectivity index (χ1v) is 11.5. The number of nitrogens with zero attached hydrogens (tertiary/aromatic N) is 1. The summed E-state index contributed by atoms with van der Waals surface area (Å²) in [5.41, 5.74) is 2.81. The molecule has 1 unspecified atom stereocenters. The Morgan fingerprint density at radius 1 is 1.00 bits per heavy atom. The standard InChI is InChI=1S/C26H30N2O6/c1-15(29)27-20-10-7-16-13-22(32-2)24(33-3)25(34-4)23(16)17-8-9-18(21(30)14-19(17)20)26(31)28-11-5-6-12-28/h8-9,13-14,20H,5-7,10-12H2,1-4H3,(H,27,29). The Morgan fingerprint density at radius 3 is 2.32 bits per heavy atom. The van der Waals surface area contributed by atoms with Crippen molar-refractivity contribution in [1.29, 1.82) is 0 Å². The van der Waals surface area contributed by atoms with Crippen LogP contribution in [0.15, 0.2) is 29.1 Å². The average Bonchev–Trinajstić information content (AvgIpc) is 3.26. The maximum Gasteiger partial charge on any atom is 0.257 e. The van der Waals surface area contributed by atoms with Gasteiger partial charge in [0.15, 0.2) is 16.9 Å². The number of likely N-dealkylation sites (tertiary alicyclic amines) is 1. The summed E-state index contributed by atoms with van der Waals surface area (Å²) in [4.78, 5) is 40.1. The average molecular weight is 467 g/mol. The Morgan fingerprint density at radius 2 is 1.71 bits per heavy atom. The van der Waals surface area contributed by atoms with Crippen molar-refractivity contribution in [3.05, 3.63) is 51.2 Å². The lowest BCUT2D eigenvalue weighted by Gasteiger charge is -2.19. The normalized spacial score (nSPS) is 16.7. The Hall–Kier alpha value is -3.55. The molecule has 2 aromatic rings. The van der Waals surface area contributed by atoms with Crippen LogP contribution in [0.1, 0.15) is 53.7 Å². The van der Waals surface area contributed by atoms with Crippen LogP contribution >= 0.6 is 0 Å². The Bertz CT molecular complexity index is 1190. The lowest BCUT2D eigenvalue weighted by molar-refractivity contribution is -0.119. The molecule has 0 spiro atoms. The van der Waals surface area contributed by atoms with E-state index in [-0.39, 0.29) is 22.8 Å². The largest absolute Gasteiger partial charge is 0.493 e. The van der Waals surface area contributed by atoms with Gasteiger partial charge in [0, 0.05) is 25.6 Å². The van der Waals surface area contributed by atoms with E-state index in [1.54, 1.807) is 31.3 Å². The van der Waals surface area contributed by atoms with Crippen molar-refractivity contribution >= 4 is 11.8 Å². The van der Waals surface area contributed by atoms with Crippen molar-refractivity contribution in [2.75, 3.05) is 34.4 Å². The molecular formula is C26H30N2O6. The Labute approximate surface area is 198 Å². The van der Waals surface area contributed by atoms with Crippen molar-refractivity contribution in [2.24, 2.45) is 0 Å². The highest BCUT2D eigenvalue weighted by atomic mass is 16.5. The van der Waals surface area contributed by atoms with Gasteiger partial charge in [-0.15, -0.1) is 0 Å². The minimum Gasteiger partial charge on any atom is -0.493 e. The van der Waals surface area contributed by atoms with Crippen LogP contribution < -0.4 is 25.0 Å². The van der Waals surface area contributed by atoms with Gasteiger partial charge in [-0.1, -0.05) is 6.07 Å². The molecule has 4 rings (SSSR count). The highest BCUT2D eigenvalue weighted by molar-refractivity contribution is 5.95. The third-order valence-electron chi connectivity index (χ3n) is 6.54. The van der Waals surface area contributed by atoms with E-state index < -0.39 is 6.04 Å². The van der Waals surface area contributed by atoms with Gasteiger partial charge in [0.25, 0.3) is 5.91 Å². The SMILES string of the molecule is COc1cc2c(c(OC)c1OC)-c1ccc(C(=O)N3CCCC3)c(=O)cc1C(NC(C)=O)CC2. The van der Waals surface area contributed by atoms with Crippen molar-refractivity contribution < 1.29 is 23.8 Å². The molecule has 1 saturated heterocycles. The Kier molecular flexibility index (Phi) is 6.77. The number of nitrogens with one attached hydrogen (secondary N) is 1. The number of ether oxygens (including phenoxy) is 3. The van der Waals surface area contributed by atoms with Crippen LogP contribution in [0.25, 0.3) is 11.1 Å². The number of aryl methyl sites for hydroxylation is 1. The molecule has 2 amide bonds. The van der Waals surface area contributed by atoms with Crippen molar-refractivity contribution in [3.8, 4) is 28.4 Å². The molecule has 0 radical (unpaired) electrons. The van der Waals surface area contributed by atoms with Crippen LogP contribution in [0.2, 0.25) is 0 Å². The van der Waals surface area contributed by atoms with E-state index in [2.05, 4.69) is 5.32 Å². The zero-order valence-electron chi connectivity index (χ0n) is 20.0. The topological polar surface area (TPSA) is 94.2 Å². The van der Waals surface area contributed by atoms with Crippen LogP contribution in [0.3, 0.4) is 0 Å². The maximum atomic E-state index is 13.3. The van der Waals surface area contributed by atoms with Gasteiger partial charge in [-0.2, -0.15) is 0 Å². The molecule has 1 atom stereocenters. The third kappa shape index (κ3) is 4.20. The number of rotatable bonds is 5. The van der Waals surface area contributed by atoms with E-state index in [1.165, 1.54) is 20.1 Å². The van der Waals surface area contributed by atoms with Crippen LogP contribution in [0.4, 0.5) is 0 Å². The number of carbonyl (C=O) groups is 2. The van der Waals surface area contributed by atoms with E-state index in [9.17, 15) is 14.4 Å². The molecule has 1 heterocycles. The van der Waals surface area contributed by atoms with Gasteiger partial charge in [-0.05, 0) is 60.6 Å². The lowest BCUT2D eigenvalue weighted by Crippen LogP contribution is -2.31. The molecule has 1 N–H and O–H groups in total. The number of hydrogen-bond donors (Lipinski definition) is 1. The molecular weight excluding hydrogens is 436 g/mol. The molecule has 34 heavy (non-hydrogen) atoms. The zero-order chi connectivity index (χ0) is 24.4. The monoisotopic (exact) mass is 466 g/mol. The van der Waals surface area contributed by atoms with Gasteiger partial charge >= 0.3 is 0 Å². The number of benzene rings is 1. The molecule has 2 aromatic carbocycles. The summed E-state index contributed by atoms with van der Waals surface area (Å²) in [6, 6.07) is 6.37. The number of amides is 2. The lowest BCUT2D eigenvalue weighted by atomic mass is 9.95. The fourth-order valence-corrected chi connectivity index (χ4v) is 4.97. The first-order chi connectivity index (χ1) is 16.4. The van der Waals surface area contributed by atoms with E-state index in [0.29, 0.717) is 54.3 Å². The highest BCUT2D eigenvalue weighted by Gasteiger charge is 2.30. The quantitative estimate of drug-likeness (QED) is 0.728. The van der Waals surface area contributed by atoms with Crippen molar-refractivity contribution in [2.45, 2.75) is 38.6 Å². The molecule has 1 aliphatic carbocycles. The summed E-state index contributed by atoms with van der Waals surface area (Å²) in [5, 5.41) is 2.98. The number of methoxy groups -OCH3 is 3. The summed E-state index contributed by atoms with van der Waals surface area (Å²) in [7, 11) is 4.66. The fraction of sp³-hybridized carbons (Fsp3) is 0.423. The summed E-state index contributed by atoms with van der Waals surface area (Å²) in [6.45, 7) is 2.76. The number of hydrogen-bond acceptors (Lipinski definition) is 6. The highest BCUT2D eigenvalue weighted by Crippen LogP contribution is 2.50. The molecule has 0 bridgehead atoms. The smallest absolute Gasteiger partial charge is 0.257 e. The van der Waals surface area contributed by atoms with E-state index in [0.717, 1.165) is 24.0 Å². The molecule has 8 heteroatoms. The van der Waals surface area contributed by atoms with E-state index >= 15 is 0 Å². The van der Waals surface area contributed by atoms with Crippen LogP contribution in [0, 0.1) is 0 Å². The first kappa shape index (κ1) is 23.6. The summed E-state index contributed by atoms with van der Waals surface area (Å²) >= 11 is 0. The van der Waals surface area contributed by atoms with Crippen LogP contribution in [-0.2, 0) is 11.2 Å². The second-order valence-electron chi connectivity index (χ2n) is 8.60. The van der Waals surface area contributed by atoms with Gasteiger partial charge in [0.05, 0.1) is 32.9 Å². The Balaban J connectivity index is 2.00. The van der Waals surface area contributed by atoms with Crippen molar-refractivity contribution in [3.63, 3.8) is 0 Å². The summed E-state index contributed by atoms with van der Waals surface area (Å²) in [6.07, 6.45) is 3.05. The first-order valence-electron chi connectivity index (χ1n) is 11.5. The van der Waals surface area contributed by atoms with Gasteiger partial charge in [-0.25, -0.2) is 0 Å². The van der Waals surface area contributed by atoms with Crippen LogP contribution in [-0.4, -0.2) is 51.1 Å². The minimum absolute atomic E-state index is 0.123. The molecule has 1 fully saturated rings. The fourth-order valence-electron chi connectivity index (χ4n) is 4.97. The van der Waals surface area contributed by atoms with Gasteiger partial charge in [-0.3, -0.25) is 14.4 Å². The molecule has 0 saturated carbocycles. The molecule has 180 valence electrons. The second-order valence-corrected chi connectivity index (χ2v) is 8.60. The van der Waals surface area contributed by atoms with Gasteiger partial charge in [0.2, 0.25) is 11.7 Å². The van der Waals surface area contributed by atoms with Crippen LogP contribution in [0.5, 0.6) is 17.2 Å². The molecule has 1 aliphatic heterocycles. The van der Waals surface area contributed by atoms with Gasteiger partial charge in [0.1, 0.15) is 0 Å². The van der Waals surface area contributed by atoms with E-state index in [4.69, 9.17) is 14.2 Å². The van der Waals surface area contributed by atoms with E-state index in [1.807, 2.05) is 6.07 Å². The third-order valence-corrected chi connectivity index (χ3v) is 6.54. The van der Waals surface area contributed by atoms with Crippen molar-refractivity contribution in [1.82, 2.24) is 10.2 Å². The summed E-state index contributed by atoms with van der Waals surface area (Å²) < 4.78 is 16.9. The predicted molar refractivity (Wildman–Crippen MR) is 128 cm³/mol. The zero-order valence-corrected chi connectivity index (χ0v) is 20.0. The number of fused-ring (bicyclic) bond motifs is 3. The summed E-state index contributed by atoms with van der Waals surface area (Å²) in [5.74, 6) is 0.995. The van der Waals surface area contributed by atoms with Gasteiger partial charge < -0.3 is 24.4 Å². The minimum atomic E-state index is -0.406.